The van der Waals surface area contributed by atoms with Crippen molar-refractivity contribution in [2.75, 3.05) is 18.5 Å². The highest BCUT2D eigenvalue weighted by molar-refractivity contribution is 5.48. The first-order chi connectivity index (χ1) is 8.78. The summed E-state index contributed by atoms with van der Waals surface area (Å²) in [4.78, 5) is 0. The van der Waals surface area contributed by atoms with Crippen LogP contribution >= 0.6 is 0 Å². The van der Waals surface area contributed by atoms with E-state index in [4.69, 9.17) is 9.47 Å². The molecule has 1 N–H and O–H groups in total. The lowest BCUT2D eigenvalue weighted by molar-refractivity contribution is 0.0637. The molecule has 2 unspecified atom stereocenters. The maximum Gasteiger partial charge on any atom is 0.121 e. The predicted octanol–water partition coefficient (Wildman–Crippen LogP) is 3.45. The van der Waals surface area contributed by atoms with Crippen LogP contribution in [0.5, 0.6) is 5.75 Å². The van der Waals surface area contributed by atoms with Gasteiger partial charge in [0.15, 0.2) is 0 Å². The fraction of sp³-hybridized carbons (Fsp3) is 0.600. The van der Waals surface area contributed by atoms with E-state index < -0.39 is 0 Å². The van der Waals surface area contributed by atoms with E-state index in [1.54, 1.807) is 0 Å². The fourth-order valence-electron chi connectivity index (χ4n) is 2.18. The van der Waals surface area contributed by atoms with Crippen molar-refractivity contribution in [1.82, 2.24) is 0 Å². The SMILES string of the molecule is CCCOc1cccc(NCC2CCC(C)O2)c1. The summed E-state index contributed by atoms with van der Waals surface area (Å²) in [6, 6.07) is 8.13. The number of anilines is 1. The highest BCUT2D eigenvalue weighted by Gasteiger charge is 2.21. The summed E-state index contributed by atoms with van der Waals surface area (Å²) in [5.74, 6) is 0.933. The van der Waals surface area contributed by atoms with Gasteiger partial charge in [-0.3, -0.25) is 0 Å². The van der Waals surface area contributed by atoms with Crippen LogP contribution < -0.4 is 10.1 Å². The number of nitrogens with one attached hydrogen (secondary N) is 1. The van der Waals surface area contributed by atoms with E-state index in [1.807, 2.05) is 18.2 Å². The Hall–Kier alpha value is -1.22. The van der Waals surface area contributed by atoms with Gasteiger partial charge in [0.25, 0.3) is 0 Å². The minimum atomic E-state index is 0.347. The van der Waals surface area contributed by atoms with Gasteiger partial charge in [-0.25, -0.2) is 0 Å². The second-order valence-corrected chi connectivity index (χ2v) is 4.90. The van der Waals surface area contributed by atoms with Gasteiger partial charge in [-0.2, -0.15) is 0 Å². The Morgan fingerprint density at radius 1 is 1.39 bits per heavy atom. The molecule has 1 saturated heterocycles. The van der Waals surface area contributed by atoms with Crippen LogP contribution in [0.15, 0.2) is 24.3 Å². The summed E-state index contributed by atoms with van der Waals surface area (Å²) in [6.07, 6.45) is 4.12. The number of hydrogen-bond donors (Lipinski definition) is 1. The smallest absolute Gasteiger partial charge is 0.121 e. The van der Waals surface area contributed by atoms with Crippen LogP contribution in [0.1, 0.15) is 33.1 Å². The molecule has 0 amide bonds. The first kappa shape index (κ1) is 13.2. The van der Waals surface area contributed by atoms with E-state index in [0.29, 0.717) is 12.2 Å². The van der Waals surface area contributed by atoms with Crippen molar-refractivity contribution >= 4 is 5.69 Å². The quantitative estimate of drug-likeness (QED) is 0.837. The molecule has 0 saturated carbocycles. The van der Waals surface area contributed by atoms with Crippen molar-refractivity contribution in [3.63, 3.8) is 0 Å². The lowest BCUT2D eigenvalue weighted by Crippen LogP contribution is -2.19. The standard InChI is InChI=1S/C15H23NO2/c1-3-9-17-14-6-4-5-13(10-14)16-11-15-8-7-12(2)18-15/h4-6,10,12,15-16H,3,7-9,11H2,1-2H3. The highest BCUT2D eigenvalue weighted by Crippen LogP contribution is 2.21. The molecule has 0 spiro atoms. The van der Waals surface area contributed by atoms with E-state index in [-0.39, 0.29) is 0 Å². The van der Waals surface area contributed by atoms with E-state index in [1.165, 1.54) is 6.42 Å². The zero-order valence-corrected chi connectivity index (χ0v) is 11.3. The third-order valence-corrected chi connectivity index (χ3v) is 3.16. The van der Waals surface area contributed by atoms with Gasteiger partial charge in [0.2, 0.25) is 0 Å². The summed E-state index contributed by atoms with van der Waals surface area (Å²) < 4.78 is 11.4. The molecule has 1 aliphatic heterocycles. The summed E-state index contributed by atoms with van der Waals surface area (Å²) in [5, 5.41) is 3.42. The van der Waals surface area contributed by atoms with Gasteiger partial charge in [0, 0.05) is 18.3 Å². The molecule has 3 heteroatoms. The molecule has 0 aromatic heterocycles. The van der Waals surface area contributed by atoms with Crippen LogP contribution in [0.4, 0.5) is 5.69 Å². The van der Waals surface area contributed by atoms with Crippen LogP contribution in [0, 0.1) is 0 Å². The second kappa shape index (κ2) is 6.64. The maximum absolute atomic E-state index is 5.78. The molecule has 3 nitrogen and oxygen atoms in total. The Kier molecular flexibility index (Phi) is 4.88. The lowest BCUT2D eigenvalue weighted by Gasteiger charge is -2.14. The van der Waals surface area contributed by atoms with Crippen molar-refractivity contribution in [1.29, 1.82) is 0 Å². The average Bonchev–Trinajstić information content (AvgIpc) is 2.80. The third kappa shape index (κ3) is 3.91. The lowest BCUT2D eigenvalue weighted by atomic mass is 10.2. The Morgan fingerprint density at radius 2 is 2.28 bits per heavy atom. The van der Waals surface area contributed by atoms with Crippen LogP contribution in [0.3, 0.4) is 0 Å². The van der Waals surface area contributed by atoms with Gasteiger partial charge in [-0.15, -0.1) is 0 Å². The Bertz CT molecular complexity index is 367. The number of benzene rings is 1. The van der Waals surface area contributed by atoms with Crippen molar-refractivity contribution in [3.8, 4) is 5.75 Å². The minimum Gasteiger partial charge on any atom is -0.494 e. The maximum atomic E-state index is 5.78. The molecule has 100 valence electrons. The normalized spacial score (nSPS) is 23.0. The molecule has 1 fully saturated rings. The van der Waals surface area contributed by atoms with Gasteiger partial charge < -0.3 is 14.8 Å². The summed E-state index contributed by atoms with van der Waals surface area (Å²) in [5.41, 5.74) is 1.10. The number of hydrogen-bond acceptors (Lipinski definition) is 3. The van der Waals surface area contributed by atoms with Crippen LogP contribution in [-0.4, -0.2) is 25.4 Å². The molecule has 0 aliphatic carbocycles. The van der Waals surface area contributed by atoms with E-state index in [2.05, 4.69) is 25.2 Å². The van der Waals surface area contributed by atoms with Gasteiger partial charge in [0.1, 0.15) is 5.75 Å². The number of ether oxygens (including phenoxy) is 2. The predicted molar refractivity (Wildman–Crippen MR) is 74.3 cm³/mol. The third-order valence-electron chi connectivity index (χ3n) is 3.16. The average molecular weight is 249 g/mol. The monoisotopic (exact) mass is 249 g/mol. The first-order valence-electron chi connectivity index (χ1n) is 6.90. The van der Waals surface area contributed by atoms with E-state index in [0.717, 1.165) is 37.4 Å². The molecule has 0 radical (unpaired) electrons. The van der Waals surface area contributed by atoms with Crippen LogP contribution in [0.2, 0.25) is 0 Å². The second-order valence-electron chi connectivity index (χ2n) is 4.90. The van der Waals surface area contributed by atoms with Gasteiger partial charge in [-0.05, 0) is 38.3 Å². The topological polar surface area (TPSA) is 30.5 Å². The van der Waals surface area contributed by atoms with Gasteiger partial charge in [0.05, 0.1) is 18.8 Å². The summed E-state index contributed by atoms with van der Waals surface area (Å²) >= 11 is 0. The fourth-order valence-corrected chi connectivity index (χ4v) is 2.18. The molecule has 2 atom stereocenters. The minimum absolute atomic E-state index is 0.347. The first-order valence-corrected chi connectivity index (χ1v) is 6.90. The summed E-state index contributed by atoms with van der Waals surface area (Å²) in [6.45, 7) is 5.90. The van der Waals surface area contributed by atoms with Crippen molar-refractivity contribution in [2.24, 2.45) is 0 Å². The molecule has 1 aromatic carbocycles. The molecular formula is C15H23NO2. The van der Waals surface area contributed by atoms with Gasteiger partial charge >= 0.3 is 0 Å². The number of rotatable bonds is 6. The van der Waals surface area contributed by atoms with Crippen LogP contribution in [0.25, 0.3) is 0 Å². The van der Waals surface area contributed by atoms with Crippen molar-refractivity contribution in [3.05, 3.63) is 24.3 Å². The van der Waals surface area contributed by atoms with Crippen molar-refractivity contribution < 1.29 is 9.47 Å². The highest BCUT2D eigenvalue weighted by atomic mass is 16.5. The zero-order valence-electron chi connectivity index (χ0n) is 11.3. The van der Waals surface area contributed by atoms with Gasteiger partial charge in [-0.1, -0.05) is 13.0 Å². The Balaban J connectivity index is 1.81. The van der Waals surface area contributed by atoms with Crippen molar-refractivity contribution in [2.45, 2.75) is 45.3 Å². The Labute approximate surface area is 109 Å². The summed E-state index contributed by atoms with van der Waals surface area (Å²) in [7, 11) is 0. The molecule has 0 bridgehead atoms. The molecule has 1 heterocycles. The molecule has 1 aromatic rings. The molecule has 18 heavy (non-hydrogen) atoms. The van der Waals surface area contributed by atoms with E-state index in [9.17, 15) is 0 Å². The van der Waals surface area contributed by atoms with Crippen LogP contribution in [-0.2, 0) is 4.74 Å². The molecule has 1 aliphatic rings. The molecular weight excluding hydrogens is 226 g/mol. The Morgan fingerprint density at radius 3 is 3.00 bits per heavy atom. The molecule has 2 rings (SSSR count). The van der Waals surface area contributed by atoms with E-state index >= 15 is 0 Å². The largest absolute Gasteiger partial charge is 0.494 e. The zero-order chi connectivity index (χ0) is 12.8.